The number of hydrogen-bond donors (Lipinski definition) is 1. The third kappa shape index (κ3) is 3.92. The highest BCUT2D eigenvalue weighted by molar-refractivity contribution is 5.98. The van der Waals surface area contributed by atoms with Crippen molar-refractivity contribution < 1.29 is 9.59 Å². The number of benzene rings is 2. The van der Waals surface area contributed by atoms with Crippen molar-refractivity contribution in [2.24, 2.45) is 0 Å². The Morgan fingerprint density at radius 2 is 1.72 bits per heavy atom. The van der Waals surface area contributed by atoms with Crippen LogP contribution in [0.1, 0.15) is 39.0 Å². The molecule has 0 bridgehead atoms. The second-order valence-electron chi connectivity index (χ2n) is 9.46. The van der Waals surface area contributed by atoms with E-state index in [9.17, 15) is 9.59 Å². The third-order valence-corrected chi connectivity index (χ3v) is 7.41. The summed E-state index contributed by atoms with van der Waals surface area (Å²) in [6.07, 6.45) is 2.57. The van der Waals surface area contributed by atoms with E-state index in [1.54, 1.807) is 0 Å². The molecule has 0 atom stereocenters. The maximum Gasteiger partial charge on any atom is 0.274 e. The normalized spacial score (nSPS) is 15.9. The second-order valence-corrected chi connectivity index (χ2v) is 9.46. The lowest BCUT2D eigenvalue weighted by Crippen LogP contribution is -2.49. The minimum absolute atomic E-state index is 0.0173. The number of rotatable bonds is 4. The van der Waals surface area contributed by atoms with Gasteiger partial charge in [-0.15, -0.1) is 0 Å². The fraction of sp³-hybridized carbons (Fsp3) is 0.321. The summed E-state index contributed by atoms with van der Waals surface area (Å²) in [5.74, 6) is -0.0514. The zero-order valence-electron chi connectivity index (χ0n) is 20.5. The van der Waals surface area contributed by atoms with Gasteiger partial charge in [-0.3, -0.25) is 14.3 Å². The number of nitrogens with one attached hydrogen (secondary N) is 1. The van der Waals surface area contributed by atoms with Crippen LogP contribution < -0.4 is 4.90 Å². The maximum absolute atomic E-state index is 13.6. The predicted molar refractivity (Wildman–Crippen MR) is 139 cm³/mol. The lowest BCUT2D eigenvalue weighted by molar-refractivity contribution is 0.0709. The largest absolute Gasteiger partial charge is 0.368 e. The number of H-pyrrole nitrogens is 1. The van der Waals surface area contributed by atoms with Crippen molar-refractivity contribution in [3.63, 3.8) is 0 Å². The lowest BCUT2D eigenvalue weighted by atomic mass is 10.0. The molecule has 6 rings (SSSR count). The molecular formula is C28H30N6O2. The van der Waals surface area contributed by atoms with Gasteiger partial charge in [-0.25, -0.2) is 0 Å². The number of aryl methyl sites for hydroxylation is 1. The minimum Gasteiger partial charge on any atom is -0.368 e. The van der Waals surface area contributed by atoms with Crippen molar-refractivity contribution in [1.82, 2.24) is 24.6 Å². The summed E-state index contributed by atoms with van der Waals surface area (Å²) in [6, 6.07) is 18.1. The fourth-order valence-electron chi connectivity index (χ4n) is 5.42. The molecule has 0 radical (unpaired) electrons. The van der Waals surface area contributed by atoms with Gasteiger partial charge in [0.2, 0.25) is 0 Å². The van der Waals surface area contributed by atoms with Crippen molar-refractivity contribution in [3.8, 4) is 0 Å². The quantitative estimate of drug-likeness (QED) is 0.483. The SMILES string of the molecule is CCn1nc(C(=O)N2CCN(c3ccccc3)CC2)c2c1CCN(C(=O)c1ccc3cc[nH]c3c1)C2. The van der Waals surface area contributed by atoms with Gasteiger partial charge in [0, 0.05) is 79.9 Å². The van der Waals surface area contributed by atoms with Gasteiger partial charge < -0.3 is 19.7 Å². The number of fused-ring (bicyclic) bond motifs is 2. The highest BCUT2D eigenvalue weighted by Crippen LogP contribution is 2.27. The third-order valence-electron chi connectivity index (χ3n) is 7.41. The van der Waals surface area contributed by atoms with Gasteiger partial charge in [-0.2, -0.15) is 5.10 Å². The van der Waals surface area contributed by atoms with E-state index < -0.39 is 0 Å². The Morgan fingerprint density at radius 3 is 2.50 bits per heavy atom. The highest BCUT2D eigenvalue weighted by atomic mass is 16.2. The summed E-state index contributed by atoms with van der Waals surface area (Å²) in [5, 5.41) is 5.81. The minimum atomic E-state index is -0.0340. The Morgan fingerprint density at radius 1 is 0.917 bits per heavy atom. The van der Waals surface area contributed by atoms with E-state index in [1.165, 1.54) is 5.69 Å². The maximum atomic E-state index is 13.6. The summed E-state index contributed by atoms with van der Waals surface area (Å²) in [5.41, 5.74) is 5.26. The number of carbonyl (C=O) groups excluding carboxylic acids is 2. The van der Waals surface area contributed by atoms with E-state index in [4.69, 9.17) is 5.10 Å². The smallest absolute Gasteiger partial charge is 0.274 e. The summed E-state index contributed by atoms with van der Waals surface area (Å²) in [7, 11) is 0. The number of para-hydroxylation sites is 1. The summed E-state index contributed by atoms with van der Waals surface area (Å²) in [6.45, 7) is 6.65. The van der Waals surface area contributed by atoms with E-state index in [0.29, 0.717) is 50.4 Å². The zero-order chi connectivity index (χ0) is 24.6. The Bertz CT molecular complexity index is 1410. The number of aromatic amines is 1. The molecule has 8 nitrogen and oxygen atoms in total. The van der Waals surface area contributed by atoms with Crippen LogP contribution in [0.25, 0.3) is 10.9 Å². The summed E-state index contributed by atoms with van der Waals surface area (Å²) >= 11 is 0. The molecule has 2 aliphatic rings. The molecule has 36 heavy (non-hydrogen) atoms. The molecule has 184 valence electrons. The first-order valence-electron chi connectivity index (χ1n) is 12.7. The number of nitrogens with zero attached hydrogens (tertiary/aromatic N) is 5. The standard InChI is InChI=1S/C28H30N6O2/c1-2-34-25-11-13-33(27(35)21-9-8-20-10-12-29-24(20)18-21)19-23(25)26(30-34)28(36)32-16-14-31(15-17-32)22-6-4-3-5-7-22/h3-10,12,18,29H,2,11,13-17,19H2,1H3. The second kappa shape index (κ2) is 9.18. The van der Waals surface area contributed by atoms with Crippen LogP contribution in [0.15, 0.2) is 60.8 Å². The Balaban J connectivity index is 1.21. The molecule has 1 N–H and O–H groups in total. The molecule has 4 heterocycles. The van der Waals surface area contributed by atoms with E-state index in [1.807, 2.05) is 70.1 Å². The molecule has 0 unspecified atom stereocenters. The van der Waals surface area contributed by atoms with E-state index >= 15 is 0 Å². The first-order valence-corrected chi connectivity index (χ1v) is 12.7. The van der Waals surface area contributed by atoms with Crippen LogP contribution in [0, 0.1) is 0 Å². The van der Waals surface area contributed by atoms with Gasteiger partial charge in [0.05, 0.1) is 6.54 Å². The zero-order valence-corrected chi connectivity index (χ0v) is 20.5. The van der Waals surface area contributed by atoms with Gasteiger partial charge in [-0.1, -0.05) is 24.3 Å². The van der Waals surface area contributed by atoms with Crippen LogP contribution in [0.2, 0.25) is 0 Å². The molecule has 1 fully saturated rings. The van der Waals surface area contributed by atoms with Crippen molar-refractivity contribution in [1.29, 1.82) is 0 Å². The highest BCUT2D eigenvalue weighted by Gasteiger charge is 2.33. The van der Waals surface area contributed by atoms with Crippen LogP contribution in [0.4, 0.5) is 5.69 Å². The van der Waals surface area contributed by atoms with Crippen molar-refractivity contribution >= 4 is 28.4 Å². The average Bonchev–Trinajstić information content (AvgIpc) is 3.56. The Kier molecular flexibility index (Phi) is 5.71. The molecule has 0 spiro atoms. The van der Waals surface area contributed by atoms with Gasteiger partial charge in [-0.05, 0) is 42.6 Å². The lowest BCUT2D eigenvalue weighted by Gasteiger charge is -2.36. The average molecular weight is 483 g/mol. The van der Waals surface area contributed by atoms with Crippen LogP contribution in [0.5, 0.6) is 0 Å². The van der Waals surface area contributed by atoms with E-state index in [2.05, 4.69) is 22.0 Å². The Hall–Kier alpha value is -4.07. The molecule has 0 aliphatic carbocycles. The number of anilines is 1. The molecule has 2 amide bonds. The summed E-state index contributed by atoms with van der Waals surface area (Å²) < 4.78 is 1.94. The summed E-state index contributed by atoms with van der Waals surface area (Å²) in [4.78, 5) is 36.3. The van der Waals surface area contributed by atoms with E-state index in [0.717, 1.165) is 35.2 Å². The molecular weight excluding hydrogens is 452 g/mol. The number of carbonyl (C=O) groups is 2. The molecule has 4 aromatic rings. The van der Waals surface area contributed by atoms with Crippen LogP contribution in [-0.4, -0.2) is 69.1 Å². The van der Waals surface area contributed by atoms with Crippen molar-refractivity contribution in [2.45, 2.75) is 26.4 Å². The Labute approximate surface area is 210 Å². The molecule has 0 saturated carbocycles. The van der Waals surface area contributed by atoms with Crippen LogP contribution in [0.3, 0.4) is 0 Å². The first kappa shape index (κ1) is 22.4. The topological polar surface area (TPSA) is 77.5 Å². The molecule has 2 aromatic heterocycles. The van der Waals surface area contributed by atoms with Gasteiger partial charge in [0.25, 0.3) is 11.8 Å². The molecule has 2 aliphatic heterocycles. The van der Waals surface area contributed by atoms with Gasteiger partial charge in [0.15, 0.2) is 5.69 Å². The number of hydrogen-bond acceptors (Lipinski definition) is 4. The van der Waals surface area contributed by atoms with Gasteiger partial charge >= 0.3 is 0 Å². The van der Waals surface area contributed by atoms with Crippen molar-refractivity contribution in [2.75, 3.05) is 37.6 Å². The first-order chi connectivity index (χ1) is 17.6. The van der Waals surface area contributed by atoms with Crippen molar-refractivity contribution in [3.05, 3.63) is 83.3 Å². The fourth-order valence-corrected chi connectivity index (χ4v) is 5.42. The predicted octanol–water partition coefficient (Wildman–Crippen LogP) is 3.55. The molecule has 8 heteroatoms. The molecule has 2 aromatic carbocycles. The van der Waals surface area contributed by atoms with Crippen LogP contribution in [-0.2, 0) is 19.5 Å². The number of amides is 2. The molecule has 1 saturated heterocycles. The number of piperazine rings is 1. The van der Waals surface area contributed by atoms with E-state index in [-0.39, 0.29) is 11.8 Å². The number of aromatic nitrogens is 3. The van der Waals surface area contributed by atoms with Crippen LogP contribution >= 0.6 is 0 Å². The van der Waals surface area contributed by atoms with Gasteiger partial charge in [0.1, 0.15) is 0 Å². The monoisotopic (exact) mass is 482 g/mol.